The van der Waals surface area contributed by atoms with E-state index in [0.29, 0.717) is 30.6 Å². The summed E-state index contributed by atoms with van der Waals surface area (Å²) in [5, 5.41) is 0. The summed E-state index contributed by atoms with van der Waals surface area (Å²) in [5.41, 5.74) is 0.292. The topological polar surface area (TPSA) is 35.5 Å². The maximum Gasteiger partial charge on any atom is 0.156 e. The van der Waals surface area contributed by atoms with Crippen molar-refractivity contribution in [2.75, 3.05) is 7.11 Å². The average Bonchev–Trinajstić information content (AvgIpc) is 2.56. The number of methoxy groups -OCH3 is 1. The van der Waals surface area contributed by atoms with E-state index in [4.69, 9.17) is 9.47 Å². The van der Waals surface area contributed by atoms with Gasteiger partial charge in [0.1, 0.15) is 23.8 Å². The molecule has 0 aliphatic carbocycles. The van der Waals surface area contributed by atoms with E-state index in [2.05, 4.69) is 0 Å². The van der Waals surface area contributed by atoms with Crippen molar-refractivity contribution in [3.05, 3.63) is 65.5 Å². The first-order valence-electron chi connectivity index (χ1n) is 7.13. The Morgan fingerprint density at radius 1 is 1.18 bits per heavy atom. The average molecular weight is 302 g/mol. The molecule has 0 aliphatic heterocycles. The number of halogens is 1. The molecule has 4 heteroatoms. The molecule has 0 amide bonds. The van der Waals surface area contributed by atoms with E-state index in [0.717, 1.165) is 5.56 Å². The summed E-state index contributed by atoms with van der Waals surface area (Å²) in [5.74, 6) is -0.0899. The lowest BCUT2D eigenvalue weighted by Gasteiger charge is -2.26. The number of aldehydes is 1. The first-order valence-corrected chi connectivity index (χ1v) is 7.13. The summed E-state index contributed by atoms with van der Waals surface area (Å²) in [6.07, 6.45) is 1.11. The van der Waals surface area contributed by atoms with Crippen molar-refractivity contribution in [3.63, 3.8) is 0 Å². The Morgan fingerprint density at radius 3 is 2.50 bits per heavy atom. The Bertz CT molecular complexity index is 621. The van der Waals surface area contributed by atoms with Gasteiger partial charge in [-0.25, -0.2) is 4.39 Å². The predicted octanol–water partition coefficient (Wildman–Crippen LogP) is 3.86. The molecule has 0 heterocycles. The van der Waals surface area contributed by atoms with Crippen molar-refractivity contribution < 1.29 is 18.7 Å². The molecule has 2 rings (SSSR count). The maximum atomic E-state index is 13.8. The zero-order chi connectivity index (χ0) is 16.0. The summed E-state index contributed by atoms with van der Waals surface area (Å²) in [7, 11) is 1.44. The summed E-state index contributed by atoms with van der Waals surface area (Å²) < 4.78 is 24.8. The Hall–Kier alpha value is -2.20. The highest BCUT2D eigenvalue weighted by atomic mass is 19.1. The van der Waals surface area contributed by atoms with E-state index >= 15 is 0 Å². The van der Waals surface area contributed by atoms with Crippen molar-refractivity contribution in [3.8, 4) is 5.75 Å². The third kappa shape index (κ3) is 3.52. The number of benzene rings is 2. The van der Waals surface area contributed by atoms with Crippen LogP contribution in [0.4, 0.5) is 4.39 Å². The SMILES string of the molecule is CC[C@](C=O)(OC)c1cc(F)cc(OCc2ccccc2)c1. The van der Waals surface area contributed by atoms with Gasteiger partial charge in [-0.05, 0) is 29.7 Å². The van der Waals surface area contributed by atoms with E-state index in [1.165, 1.54) is 19.2 Å². The summed E-state index contributed by atoms with van der Waals surface area (Å²) in [6.45, 7) is 2.14. The van der Waals surface area contributed by atoms with Gasteiger partial charge in [-0.15, -0.1) is 0 Å². The fourth-order valence-corrected chi connectivity index (χ4v) is 2.30. The van der Waals surface area contributed by atoms with Crippen LogP contribution in [-0.4, -0.2) is 13.4 Å². The fraction of sp³-hybridized carbons (Fsp3) is 0.278. The third-order valence-corrected chi connectivity index (χ3v) is 3.69. The number of ether oxygens (including phenoxy) is 2. The molecule has 0 spiro atoms. The van der Waals surface area contributed by atoms with Gasteiger partial charge in [0.15, 0.2) is 6.29 Å². The summed E-state index contributed by atoms with van der Waals surface area (Å²) in [4.78, 5) is 11.4. The molecule has 0 unspecified atom stereocenters. The minimum absolute atomic E-state index is 0.330. The van der Waals surface area contributed by atoms with Crippen molar-refractivity contribution in [2.24, 2.45) is 0 Å². The van der Waals surface area contributed by atoms with Crippen LogP contribution in [0.15, 0.2) is 48.5 Å². The highest BCUT2D eigenvalue weighted by Gasteiger charge is 2.30. The quantitative estimate of drug-likeness (QED) is 0.729. The molecule has 0 saturated carbocycles. The van der Waals surface area contributed by atoms with Gasteiger partial charge in [0, 0.05) is 13.2 Å². The lowest BCUT2D eigenvalue weighted by Crippen LogP contribution is -2.29. The minimum Gasteiger partial charge on any atom is -0.489 e. The smallest absolute Gasteiger partial charge is 0.156 e. The first kappa shape index (κ1) is 16.2. The van der Waals surface area contributed by atoms with Gasteiger partial charge in [0.2, 0.25) is 0 Å². The van der Waals surface area contributed by atoms with Crippen LogP contribution in [0.3, 0.4) is 0 Å². The molecule has 1 atom stereocenters. The molecule has 2 aromatic carbocycles. The van der Waals surface area contributed by atoms with Crippen LogP contribution < -0.4 is 4.74 Å². The van der Waals surface area contributed by atoms with Gasteiger partial charge in [0.25, 0.3) is 0 Å². The van der Waals surface area contributed by atoms with Crippen molar-refractivity contribution in [1.29, 1.82) is 0 Å². The van der Waals surface area contributed by atoms with Gasteiger partial charge >= 0.3 is 0 Å². The molecule has 2 aromatic rings. The van der Waals surface area contributed by atoms with Crippen LogP contribution in [0.2, 0.25) is 0 Å². The van der Waals surface area contributed by atoms with E-state index in [1.807, 2.05) is 37.3 Å². The molecule has 3 nitrogen and oxygen atoms in total. The Labute approximate surface area is 129 Å². The van der Waals surface area contributed by atoms with E-state index in [1.54, 1.807) is 6.07 Å². The number of carbonyl (C=O) groups excluding carboxylic acids is 1. The molecule has 0 aromatic heterocycles. The normalized spacial score (nSPS) is 13.4. The fourth-order valence-electron chi connectivity index (χ4n) is 2.30. The number of hydrogen-bond donors (Lipinski definition) is 0. The van der Waals surface area contributed by atoms with Gasteiger partial charge in [-0.1, -0.05) is 37.3 Å². The van der Waals surface area contributed by atoms with E-state index in [-0.39, 0.29) is 0 Å². The Balaban J connectivity index is 2.25. The second-order valence-corrected chi connectivity index (χ2v) is 5.01. The minimum atomic E-state index is -1.15. The summed E-state index contributed by atoms with van der Waals surface area (Å²) >= 11 is 0. The standard InChI is InChI=1S/C18H19FO3/c1-3-18(13-20,21-2)15-9-16(19)11-17(10-15)22-12-14-7-5-4-6-8-14/h4-11,13H,3,12H2,1-2H3/t18-/m1/s1. The molecule has 0 N–H and O–H groups in total. The van der Waals surface area contributed by atoms with E-state index in [9.17, 15) is 9.18 Å². The van der Waals surface area contributed by atoms with Crippen LogP contribution in [0.25, 0.3) is 0 Å². The zero-order valence-corrected chi connectivity index (χ0v) is 12.7. The highest BCUT2D eigenvalue weighted by Crippen LogP contribution is 2.30. The van der Waals surface area contributed by atoms with Crippen LogP contribution >= 0.6 is 0 Å². The van der Waals surface area contributed by atoms with Gasteiger partial charge in [-0.2, -0.15) is 0 Å². The largest absolute Gasteiger partial charge is 0.489 e. The van der Waals surface area contributed by atoms with Gasteiger partial charge in [0.05, 0.1) is 0 Å². The lowest BCUT2D eigenvalue weighted by atomic mass is 9.92. The third-order valence-electron chi connectivity index (χ3n) is 3.69. The number of carbonyl (C=O) groups is 1. The molecule has 116 valence electrons. The molecule has 0 aliphatic rings. The van der Waals surface area contributed by atoms with Gasteiger partial charge < -0.3 is 9.47 Å². The Kier molecular flexibility index (Phi) is 5.28. The maximum absolute atomic E-state index is 13.8. The monoisotopic (exact) mass is 302 g/mol. The molecule has 0 bridgehead atoms. The first-order chi connectivity index (χ1) is 10.6. The lowest BCUT2D eigenvalue weighted by molar-refractivity contribution is -0.129. The van der Waals surface area contributed by atoms with Crippen molar-refractivity contribution >= 4 is 6.29 Å². The zero-order valence-electron chi connectivity index (χ0n) is 12.7. The summed E-state index contributed by atoms with van der Waals surface area (Å²) in [6, 6.07) is 13.8. The number of hydrogen-bond acceptors (Lipinski definition) is 3. The van der Waals surface area contributed by atoms with Crippen LogP contribution in [0.1, 0.15) is 24.5 Å². The van der Waals surface area contributed by atoms with Crippen molar-refractivity contribution in [2.45, 2.75) is 25.6 Å². The van der Waals surface area contributed by atoms with Crippen molar-refractivity contribution in [1.82, 2.24) is 0 Å². The number of rotatable bonds is 7. The Morgan fingerprint density at radius 2 is 1.91 bits per heavy atom. The van der Waals surface area contributed by atoms with Crippen LogP contribution in [0.5, 0.6) is 5.75 Å². The molecular formula is C18H19FO3. The molecular weight excluding hydrogens is 283 g/mol. The predicted molar refractivity (Wildman–Crippen MR) is 82.2 cm³/mol. The molecule has 0 saturated heterocycles. The molecule has 0 radical (unpaired) electrons. The highest BCUT2D eigenvalue weighted by molar-refractivity contribution is 5.66. The van der Waals surface area contributed by atoms with Gasteiger partial charge in [-0.3, -0.25) is 4.79 Å². The molecule has 22 heavy (non-hydrogen) atoms. The molecule has 0 fully saturated rings. The van der Waals surface area contributed by atoms with E-state index < -0.39 is 11.4 Å². The second-order valence-electron chi connectivity index (χ2n) is 5.01. The van der Waals surface area contributed by atoms with Crippen LogP contribution in [0, 0.1) is 5.82 Å². The van der Waals surface area contributed by atoms with Crippen LogP contribution in [-0.2, 0) is 21.7 Å². The second kappa shape index (κ2) is 7.18.